The van der Waals surface area contributed by atoms with E-state index in [-0.39, 0.29) is 17.6 Å². The van der Waals surface area contributed by atoms with Crippen molar-refractivity contribution >= 4 is 9.84 Å². The minimum Gasteiger partial charge on any atom is -0.339 e. The number of imidazole rings is 1. The average Bonchev–Trinajstić information content (AvgIpc) is 2.85. The Kier molecular flexibility index (Phi) is 3.20. The Bertz CT molecular complexity index is 642. The van der Waals surface area contributed by atoms with Gasteiger partial charge in [-0.1, -0.05) is 19.0 Å². The fourth-order valence-electron chi connectivity index (χ4n) is 1.46. The highest BCUT2D eigenvalue weighted by Crippen LogP contribution is 2.13. The van der Waals surface area contributed by atoms with Crippen molar-refractivity contribution in [3.63, 3.8) is 0 Å². The van der Waals surface area contributed by atoms with E-state index in [1.807, 2.05) is 13.8 Å². The van der Waals surface area contributed by atoms with Gasteiger partial charge in [0.15, 0.2) is 5.82 Å². The van der Waals surface area contributed by atoms with E-state index in [2.05, 4.69) is 15.1 Å². The number of hydrogen-bond donors (Lipinski definition) is 0. The Balaban J connectivity index is 2.27. The van der Waals surface area contributed by atoms with Gasteiger partial charge in [-0.3, -0.25) is 0 Å². The van der Waals surface area contributed by atoms with Gasteiger partial charge in [0.25, 0.3) is 0 Å². The molecule has 2 heterocycles. The van der Waals surface area contributed by atoms with Crippen LogP contribution in [0.25, 0.3) is 0 Å². The number of hydrogen-bond acceptors (Lipinski definition) is 6. The number of aromatic nitrogens is 4. The molecule has 0 bridgehead atoms. The Morgan fingerprint density at radius 1 is 1.44 bits per heavy atom. The first-order chi connectivity index (χ1) is 8.38. The van der Waals surface area contributed by atoms with Crippen molar-refractivity contribution in [2.45, 2.75) is 31.5 Å². The van der Waals surface area contributed by atoms with E-state index in [0.29, 0.717) is 11.7 Å². The normalized spacial score (nSPS) is 12.2. The van der Waals surface area contributed by atoms with E-state index in [1.54, 1.807) is 6.20 Å². The Hall–Kier alpha value is -1.70. The molecule has 0 aliphatic heterocycles. The lowest BCUT2D eigenvalue weighted by molar-refractivity contribution is 0.359. The molecule has 98 valence electrons. The smallest absolute Gasteiger partial charge is 0.229 e. The lowest BCUT2D eigenvalue weighted by atomic mass is 10.2. The third kappa shape index (κ3) is 2.58. The Morgan fingerprint density at radius 2 is 2.17 bits per heavy atom. The molecule has 0 amide bonds. The van der Waals surface area contributed by atoms with Crippen LogP contribution in [0.1, 0.15) is 31.5 Å². The minimum atomic E-state index is -3.35. The maximum atomic E-state index is 11.5. The van der Waals surface area contributed by atoms with Gasteiger partial charge in [-0.15, -0.1) is 0 Å². The summed E-state index contributed by atoms with van der Waals surface area (Å²) in [6.07, 6.45) is 4.11. The van der Waals surface area contributed by atoms with Crippen LogP contribution in [-0.2, 0) is 16.4 Å². The molecule has 0 spiro atoms. The maximum absolute atomic E-state index is 11.5. The largest absolute Gasteiger partial charge is 0.339 e. The predicted octanol–water partition coefficient (Wildman–Crippen LogP) is 0.841. The summed E-state index contributed by atoms with van der Waals surface area (Å²) in [4.78, 5) is 8.00. The number of rotatable bonds is 4. The molecule has 0 aliphatic rings. The standard InChI is InChI=1S/C10H14N4O3S/c1-7(2)9-12-8(13-17-9)6-14-5-4-11-10(14)18(3,15)16/h4-5,7H,6H2,1-3H3. The fraction of sp³-hybridized carbons (Fsp3) is 0.500. The van der Waals surface area contributed by atoms with Gasteiger partial charge in [-0.25, -0.2) is 13.4 Å². The summed E-state index contributed by atoms with van der Waals surface area (Å²) in [5.74, 6) is 1.11. The van der Waals surface area contributed by atoms with Crippen LogP contribution in [0.4, 0.5) is 0 Å². The molecule has 2 aromatic rings. The molecule has 8 heteroatoms. The molecule has 18 heavy (non-hydrogen) atoms. The first-order valence-corrected chi connectivity index (χ1v) is 7.30. The zero-order chi connectivity index (χ0) is 13.3. The van der Waals surface area contributed by atoms with Gasteiger partial charge in [-0.2, -0.15) is 4.98 Å². The van der Waals surface area contributed by atoms with E-state index >= 15 is 0 Å². The number of sulfone groups is 1. The van der Waals surface area contributed by atoms with Crippen LogP contribution in [0.5, 0.6) is 0 Å². The molecular weight excluding hydrogens is 256 g/mol. The van der Waals surface area contributed by atoms with E-state index in [1.165, 1.54) is 10.8 Å². The summed E-state index contributed by atoms with van der Waals surface area (Å²) in [6, 6.07) is 0. The van der Waals surface area contributed by atoms with Crippen LogP contribution in [0, 0.1) is 0 Å². The topological polar surface area (TPSA) is 90.9 Å². The highest BCUT2D eigenvalue weighted by Gasteiger charge is 2.17. The molecule has 0 aromatic carbocycles. The Labute approximate surface area is 105 Å². The summed E-state index contributed by atoms with van der Waals surface area (Å²) in [5.41, 5.74) is 0. The van der Waals surface area contributed by atoms with Gasteiger partial charge in [0.1, 0.15) is 0 Å². The minimum absolute atomic E-state index is 0.00148. The molecular formula is C10H14N4O3S. The van der Waals surface area contributed by atoms with Crippen LogP contribution in [0.15, 0.2) is 22.1 Å². The zero-order valence-corrected chi connectivity index (χ0v) is 11.2. The van der Waals surface area contributed by atoms with Crippen LogP contribution >= 0.6 is 0 Å². The van der Waals surface area contributed by atoms with E-state index in [4.69, 9.17) is 4.52 Å². The Morgan fingerprint density at radius 3 is 2.72 bits per heavy atom. The van der Waals surface area contributed by atoms with Crippen LogP contribution in [0.3, 0.4) is 0 Å². The first-order valence-electron chi connectivity index (χ1n) is 5.41. The molecule has 0 saturated carbocycles. The summed E-state index contributed by atoms with van der Waals surface area (Å²) in [5, 5.41) is 3.80. The van der Waals surface area contributed by atoms with Crippen LogP contribution in [-0.4, -0.2) is 34.4 Å². The third-order valence-corrected chi connectivity index (χ3v) is 3.30. The number of nitrogens with zero attached hydrogens (tertiary/aromatic N) is 4. The van der Waals surface area contributed by atoms with Crippen molar-refractivity contribution < 1.29 is 12.9 Å². The van der Waals surface area contributed by atoms with Gasteiger partial charge in [0, 0.05) is 24.6 Å². The van der Waals surface area contributed by atoms with Crippen molar-refractivity contribution in [2.75, 3.05) is 6.26 Å². The zero-order valence-electron chi connectivity index (χ0n) is 10.4. The summed E-state index contributed by atoms with van der Waals surface area (Å²) < 4.78 is 29.5. The second kappa shape index (κ2) is 4.52. The lowest BCUT2D eigenvalue weighted by Gasteiger charge is -2.02. The van der Waals surface area contributed by atoms with E-state index in [0.717, 1.165) is 6.26 Å². The highest BCUT2D eigenvalue weighted by atomic mass is 32.2. The van der Waals surface area contributed by atoms with E-state index < -0.39 is 9.84 Å². The van der Waals surface area contributed by atoms with Gasteiger partial charge >= 0.3 is 0 Å². The van der Waals surface area contributed by atoms with Crippen LogP contribution in [0.2, 0.25) is 0 Å². The highest BCUT2D eigenvalue weighted by molar-refractivity contribution is 7.90. The molecule has 0 atom stereocenters. The monoisotopic (exact) mass is 270 g/mol. The van der Waals surface area contributed by atoms with Crippen molar-refractivity contribution in [1.29, 1.82) is 0 Å². The molecule has 2 aromatic heterocycles. The van der Waals surface area contributed by atoms with Gasteiger partial charge in [0.2, 0.25) is 20.9 Å². The van der Waals surface area contributed by atoms with Gasteiger partial charge in [-0.05, 0) is 0 Å². The first kappa shape index (κ1) is 12.7. The fourth-order valence-corrected chi connectivity index (χ4v) is 2.27. The van der Waals surface area contributed by atoms with Crippen molar-refractivity contribution in [1.82, 2.24) is 19.7 Å². The van der Waals surface area contributed by atoms with Gasteiger partial charge in [0.05, 0.1) is 6.54 Å². The predicted molar refractivity (Wildman–Crippen MR) is 62.8 cm³/mol. The molecule has 0 saturated heterocycles. The van der Waals surface area contributed by atoms with Crippen molar-refractivity contribution in [3.8, 4) is 0 Å². The lowest BCUT2D eigenvalue weighted by Crippen LogP contribution is -2.10. The van der Waals surface area contributed by atoms with Crippen molar-refractivity contribution in [3.05, 3.63) is 24.1 Å². The summed E-state index contributed by atoms with van der Waals surface area (Å²) in [7, 11) is -3.35. The summed E-state index contributed by atoms with van der Waals surface area (Å²) in [6.45, 7) is 4.10. The van der Waals surface area contributed by atoms with Crippen LogP contribution < -0.4 is 0 Å². The molecule has 0 radical (unpaired) electrons. The second-order valence-corrected chi connectivity index (χ2v) is 6.22. The molecule has 2 rings (SSSR count). The van der Waals surface area contributed by atoms with Crippen molar-refractivity contribution in [2.24, 2.45) is 0 Å². The molecule has 7 nitrogen and oxygen atoms in total. The molecule has 0 N–H and O–H groups in total. The molecule has 0 fully saturated rings. The summed E-state index contributed by atoms with van der Waals surface area (Å²) >= 11 is 0. The maximum Gasteiger partial charge on any atom is 0.229 e. The van der Waals surface area contributed by atoms with Gasteiger partial charge < -0.3 is 9.09 Å². The third-order valence-electron chi connectivity index (χ3n) is 2.30. The van der Waals surface area contributed by atoms with E-state index in [9.17, 15) is 8.42 Å². The quantitative estimate of drug-likeness (QED) is 0.817. The molecule has 0 aliphatic carbocycles. The second-order valence-electron chi connectivity index (χ2n) is 4.31. The SMILES string of the molecule is CC(C)c1nc(Cn2ccnc2S(C)(=O)=O)no1. The average molecular weight is 270 g/mol. The molecule has 0 unspecified atom stereocenters.